The first-order chi connectivity index (χ1) is 9.28. The Kier molecular flexibility index (Phi) is 3.79. The van der Waals surface area contributed by atoms with E-state index in [0.717, 1.165) is 42.8 Å². The van der Waals surface area contributed by atoms with Gasteiger partial charge in [0, 0.05) is 32.7 Å². The maximum absolute atomic E-state index is 5.87. The summed E-state index contributed by atoms with van der Waals surface area (Å²) >= 11 is 1.46. The second kappa shape index (κ2) is 5.54. The van der Waals surface area contributed by atoms with Crippen molar-refractivity contribution in [1.29, 1.82) is 0 Å². The summed E-state index contributed by atoms with van der Waals surface area (Å²) in [6.45, 7) is 8.28. The van der Waals surface area contributed by atoms with Crippen LogP contribution in [0.1, 0.15) is 19.8 Å². The van der Waals surface area contributed by atoms with Crippen LogP contribution in [0, 0.1) is 5.92 Å². The lowest BCUT2D eigenvalue weighted by atomic mass is 10.3. The third-order valence-corrected chi connectivity index (χ3v) is 4.72. The maximum Gasteiger partial charge on any atom is 0.197 e. The van der Waals surface area contributed by atoms with Crippen molar-refractivity contribution in [3.63, 3.8) is 0 Å². The highest BCUT2D eigenvalue weighted by Crippen LogP contribution is 2.39. The molecular weight excluding hydrogens is 260 g/mol. The Labute approximate surface area is 118 Å². The van der Waals surface area contributed by atoms with Crippen LogP contribution < -0.4 is 15.4 Å². The largest absolute Gasteiger partial charge is 0.487 e. The van der Waals surface area contributed by atoms with Gasteiger partial charge in [0.25, 0.3) is 0 Å². The summed E-state index contributed by atoms with van der Waals surface area (Å²) in [5.41, 5.74) is 5.87. The Morgan fingerprint density at radius 2 is 2.05 bits per heavy atom. The molecular formula is C13H22N4OS. The molecule has 0 radical (unpaired) electrons. The lowest BCUT2D eigenvalue weighted by Crippen LogP contribution is -2.46. The van der Waals surface area contributed by atoms with E-state index in [1.54, 1.807) is 0 Å². The van der Waals surface area contributed by atoms with Gasteiger partial charge in [-0.25, -0.2) is 0 Å². The lowest BCUT2D eigenvalue weighted by molar-refractivity contribution is 0.247. The molecule has 1 saturated carbocycles. The van der Waals surface area contributed by atoms with Gasteiger partial charge in [-0.15, -0.1) is 0 Å². The average Bonchev–Trinajstić information content (AvgIpc) is 3.16. The standard InChI is InChI=1S/C13H22N4OS/c1-2-18-11-12(14)15-19-13(11)17-7-5-16(6-8-17)9-10-3-4-10/h10H,2-9H2,1H3,(H2,14,15). The van der Waals surface area contributed by atoms with Crippen molar-refractivity contribution < 1.29 is 4.74 Å². The van der Waals surface area contributed by atoms with Gasteiger partial charge in [0.05, 0.1) is 6.61 Å². The summed E-state index contributed by atoms with van der Waals surface area (Å²) in [5.74, 6) is 2.29. The predicted octanol–water partition coefficient (Wildman–Crippen LogP) is 1.66. The minimum absolute atomic E-state index is 0.530. The van der Waals surface area contributed by atoms with Gasteiger partial charge in [-0.05, 0) is 37.2 Å². The number of nitrogen functional groups attached to an aromatic ring is 1. The molecule has 1 aliphatic heterocycles. The first kappa shape index (κ1) is 13.0. The van der Waals surface area contributed by atoms with Crippen molar-refractivity contribution in [3.8, 4) is 5.75 Å². The molecule has 0 unspecified atom stereocenters. The fraction of sp³-hybridized carbons (Fsp3) is 0.769. The average molecular weight is 282 g/mol. The van der Waals surface area contributed by atoms with Crippen LogP contribution in [-0.4, -0.2) is 48.6 Å². The van der Waals surface area contributed by atoms with E-state index in [4.69, 9.17) is 10.5 Å². The zero-order chi connectivity index (χ0) is 13.2. The van der Waals surface area contributed by atoms with E-state index >= 15 is 0 Å². The van der Waals surface area contributed by atoms with E-state index in [1.165, 1.54) is 30.9 Å². The topological polar surface area (TPSA) is 54.6 Å². The van der Waals surface area contributed by atoms with Gasteiger partial charge >= 0.3 is 0 Å². The Bertz CT molecular complexity index is 424. The molecule has 106 valence electrons. The molecule has 3 rings (SSSR count). The number of hydrogen-bond donors (Lipinski definition) is 1. The zero-order valence-electron chi connectivity index (χ0n) is 11.5. The van der Waals surface area contributed by atoms with Crippen LogP contribution in [0.4, 0.5) is 10.8 Å². The highest BCUT2D eigenvalue weighted by molar-refractivity contribution is 7.11. The van der Waals surface area contributed by atoms with Crippen molar-refractivity contribution in [2.45, 2.75) is 19.8 Å². The molecule has 6 heteroatoms. The van der Waals surface area contributed by atoms with Crippen molar-refractivity contribution >= 4 is 22.4 Å². The van der Waals surface area contributed by atoms with E-state index in [1.807, 2.05) is 6.92 Å². The van der Waals surface area contributed by atoms with Crippen LogP contribution in [0.5, 0.6) is 5.75 Å². The highest BCUT2D eigenvalue weighted by Gasteiger charge is 2.28. The molecule has 1 saturated heterocycles. The molecule has 2 fully saturated rings. The van der Waals surface area contributed by atoms with E-state index < -0.39 is 0 Å². The normalized spacial score (nSPS) is 20.8. The van der Waals surface area contributed by atoms with Gasteiger partial charge in [0.2, 0.25) is 0 Å². The molecule has 0 amide bonds. The summed E-state index contributed by atoms with van der Waals surface area (Å²) < 4.78 is 9.86. The van der Waals surface area contributed by atoms with Crippen LogP contribution in [-0.2, 0) is 0 Å². The summed E-state index contributed by atoms with van der Waals surface area (Å²) in [7, 11) is 0. The van der Waals surface area contributed by atoms with Crippen LogP contribution in [0.15, 0.2) is 0 Å². The molecule has 2 aliphatic rings. The van der Waals surface area contributed by atoms with E-state index in [2.05, 4.69) is 14.2 Å². The number of anilines is 2. The van der Waals surface area contributed by atoms with E-state index in [9.17, 15) is 0 Å². The van der Waals surface area contributed by atoms with Gasteiger partial charge in [-0.2, -0.15) is 4.37 Å². The molecule has 0 atom stereocenters. The number of rotatable bonds is 5. The second-order valence-electron chi connectivity index (χ2n) is 5.37. The summed E-state index contributed by atoms with van der Waals surface area (Å²) in [5, 5.41) is 1.10. The third kappa shape index (κ3) is 2.95. The molecule has 2 heterocycles. The number of aromatic nitrogens is 1. The predicted molar refractivity (Wildman–Crippen MR) is 79.1 cm³/mol. The van der Waals surface area contributed by atoms with Gasteiger partial charge in [-0.1, -0.05) is 0 Å². The first-order valence-electron chi connectivity index (χ1n) is 7.13. The first-order valence-corrected chi connectivity index (χ1v) is 7.90. The van der Waals surface area contributed by atoms with Gasteiger partial charge in [0.15, 0.2) is 16.6 Å². The Balaban J connectivity index is 1.60. The molecule has 1 aromatic rings. The zero-order valence-corrected chi connectivity index (χ0v) is 12.3. The molecule has 0 aromatic carbocycles. The number of nitrogens with zero attached hydrogens (tertiary/aromatic N) is 3. The monoisotopic (exact) mass is 282 g/mol. The summed E-state index contributed by atoms with van der Waals surface area (Å²) in [6.07, 6.45) is 2.86. The molecule has 0 bridgehead atoms. The third-order valence-electron chi connectivity index (χ3n) is 3.82. The molecule has 5 nitrogen and oxygen atoms in total. The highest BCUT2D eigenvalue weighted by atomic mass is 32.1. The van der Waals surface area contributed by atoms with Crippen molar-refractivity contribution in [2.75, 3.05) is 50.0 Å². The summed E-state index contributed by atoms with van der Waals surface area (Å²) in [6, 6.07) is 0. The van der Waals surface area contributed by atoms with Crippen LogP contribution in [0.2, 0.25) is 0 Å². The van der Waals surface area contributed by atoms with Gasteiger partial charge in [-0.3, -0.25) is 4.90 Å². The number of ether oxygens (including phenoxy) is 1. The SMILES string of the molecule is CCOc1c(N)nsc1N1CCN(CC2CC2)CC1. The second-order valence-corrected chi connectivity index (χ2v) is 6.12. The van der Waals surface area contributed by atoms with Crippen LogP contribution in [0.25, 0.3) is 0 Å². The smallest absolute Gasteiger partial charge is 0.197 e. The number of hydrogen-bond acceptors (Lipinski definition) is 6. The van der Waals surface area contributed by atoms with Crippen molar-refractivity contribution in [3.05, 3.63) is 0 Å². The summed E-state index contributed by atoms with van der Waals surface area (Å²) in [4.78, 5) is 4.95. The quantitative estimate of drug-likeness (QED) is 0.890. The van der Waals surface area contributed by atoms with Gasteiger partial charge in [0.1, 0.15) is 0 Å². The molecule has 1 aromatic heterocycles. The number of nitrogens with two attached hydrogens (primary N) is 1. The minimum Gasteiger partial charge on any atom is -0.487 e. The molecule has 0 spiro atoms. The van der Waals surface area contributed by atoms with Crippen molar-refractivity contribution in [1.82, 2.24) is 9.27 Å². The van der Waals surface area contributed by atoms with Crippen molar-refractivity contribution in [2.24, 2.45) is 5.92 Å². The van der Waals surface area contributed by atoms with Crippen LogP contribution >= 0.6 is 11.5 Å². The molecule has 1 aliphatic carbocycles. The maximum atomic E-state index is 5.87. The van der Waals surface area contributed by atoms with E-state index in [-0.39, 0.29) is 0 Å². The fourth-order valence-corrected chi connectivity index (χ4v) is 3.38. The molecule has 19 heavy (non-hydrogen) atoms. The Morgan fingerprint density at radius 1 is 1.32 bits per heavy atom. The minimum atomic E-state index is 0.530. The molecule has 2 N–H and O–H groups in total. The fourth-order valence-electron chi connectivity index (χ4n) is 2.57. The number of piperazine rings is 1. The Morgan fingerprint density at radius 3 is 2.68 bits per heavy atom. The lowest BCUT2D eigenvalue weighted by Gasteiger charge is -2.35. The van der Waals surface area contributed by atoms with Gasteiger partial charge < -0.3 is 15.4 Å². The van der Waals surface area contributed by atoms with Crippen LogP contribution in [0.3, 0.4) is 0 Å². The van der Waals surface area contributed by atoms with E-state index in [0.29, 0.717) is 12.4 Å². The Hall–Kier alpha value is -1.01.